The van der Waals surface area contributed by atoms with Crippen LogP contribution in [0, 0.1) is 16.7 Å². The average Bonchev–Trinajstić information content (AvgIpc) is 2.16. The maximum atomic E-state index is 11.7. The van der Waals surface area contributed by atoms with Crippen molar-refractivity contribution in [3.8, 4) is 0 Å². The molecule has 1 aliphatic heterocycles. The SMILES string of the molecule is CC1(C)[C@@H]2CC[C@]1(C)C(=O)NC2=O. The summed E-state index contributed by atoms with van der Waals surface area (Å²) in [5.41, 5.74) is -0.516. The van der Waals surface area contributed by atoms with Crippen LogP contribution in [0.25, 0.3) is 0 Å². The van der Waals surface area contributed by atoms with Gasteiger partial charge in [0.2, 0.25) is 11.8 Å². The first-order chi connectivity index (χ1) is 5.89. The van der Waals surface area contributed by atoms with Crippen LogP contribution in [-0.4, -0.2) is 11.8 Å². The summed E-state index contributed by atoms with van der Waals surface area (Å²) in [6, 6.07) is 0. The molecule has 0 aromatic heterocycles. The molecule has 0 spiro atoms. The molecule has 2 aliphatic rings. The monoisotopic (exact) mass is 181 g/mol. The summed E-state index contributed by atoms with van der Waals surface area (Å²) >= 11 is 0. The molecule has 1 aliphatic carbocycles. The number of rotatable bonds is 0. The number of hydrogen-bond acceptors (Lipinski definition) is 2. The highest BCUT2D eigenvalue weighted by molar-refractivity contribution is 6.03. The lowest BCUT2D eigenvalue weighted by atomic mass is 9.63. The molecule has 2 fully saturated rings. The van der Waals surface area contributed by atoms with Crippen LogP contribution in [0.2, 0.25) is 0 Å². The Balaban J connectivity index is 2.51. The maximum absolute atomic E-state index is 11.7. The number of imide groups is 1. The van der Waals surface area contributed by atoms with Crippen molar-refractivity contribution < 1.29 is 9.59 Å². The van der Waals surface area contributed by atoms with Gasteiger partial charge in [-0.3, -0.25) is 14.9 Å². The molecule has 1 saturated carbocycles. The van der Waals surface area contributed by atoms with Crippen LogP contribution in [0.1, 0.15) is 33.6 Å². The average molecular weight is 181 g/mol. The normalized spacial score (nSPS) is 41.9. The molecule has 1 N–H and O–H groups in total. The van der Waals surface area contributed by atoms with Gasteiger partial charge in [0.1, 0.15) is 0 Å². The Morgan fingerprint density at radius 1 is 1.31 bits per heavy atom. The van der Waals surface area contributed by atoms with Crippen molar-refractivity contribution in [1.82, 2.24) is 5.32 Å². The van der Waals surface area contributed by atoms with Crippen molar-refractivity contribution in [2.45, 2.75) is 33.6 Å². The third kappa shape index (κ3) is 0.798. The smallest absolute Gasteiger partial charge is 0.233 e. The second kappa shape index (κ2) is 2.14. The number of hydrogen-bond donors (Lipinski definition) is 1. The van der Waals surface area contributed by atoms with Gasteiger partial charge in [0.05, 0.1) is 5.41 Å². The third-order valence-corrected chi connectivity index (χ3v) is 4.28. The second-order valence-corrected chi connectivity index (χ2v) is 4.96. The molecule has 0 aromatic carbocycles. The van der Waals surface area contributed by atoms with E-state index in [4.69, 9.17) is 0 Å². The number of amides is 2. The highest BCUT2D eigenvalue weighted by Crippen LogP contribution is 2.57. The lowest BCUT2D eigenvalue weighted by Gasteiger charge is -2.43. The van der Waals surface area contributed by atoms with Crippen molar-refractivity contribution in [3.63, 3.8) is 0 Å². The first kappa shape index (κ1) is 8.73. The van der Waals surface area contributed by atoms with Crippen molar-refractivity contribution in [2.24, 2.45) is 16.7 Å². The van der Waals surface area contributed by atoms with Crippen LogP contribution >= 0.6 is 0 Å². The summed E-state index contributed by atoms with van der Waals surface area (Å²) < 4.78 is 0. The van der Waals surface area contributed by atoms with E-state index in [2.05, 4.69) is 5.32 Å². The molecular formula is C10H15NO2. The molecule has 2 amide bonds. The fraction of sp³-hybridized carbons (Fsp3) is 0.800. The third-order valence-electron chi connectivity index (χ3n) is 4.28. The summed E-state index contributed by atoms with van der Waals surface area (Å²) in [6.45, 7) is 6.03. The Bertz CT molecular complexity index is 295. The summed E-state index contributed by atoms with van der Waals surface area (Å²) in [5.74, 6) is -0.142. The first-order valence-electron chi connectivity index (χ1n) is 4.75. The van der Waals surface area contributed by atoms with E-state index in [1.54, 1.807) is 0 Å². The molecule has 0 aromatic rings. The van der Waals surface area contributed by atoms with E-state index < -0.39 is 0 Å². The highest BCUT2D eigenvalue weighted by Gasteiger charge is 2.61. The fourth-order valence-electron chi connectivity index (χ4n) is 2.70. The quantitative estimate of drug-likeness (QED) is 0.568. The zero-order valence-corrected chi connectivity index (χ0v) is 8.31. The fourth-order valence-corrected chi connectivity index (χ4v) is 2.70. The largest absolute Gasteiger partial charge is 0.296 e. The standard InChI is InChI=1S/C10H15NO2/c1-9(2)6-4-5-10(9,3)8(13)11-7(6)12/h6H,4-5H2,1-3H3,(H,11,12,13)/t6-,10-/m1/s1. The number of carbonyl (C=O) groups is 2. The Morgan fingerprint density at radius 3 is 2.54 bits per heavy atom. The first-order valence-corrected chi connectivity index (χ1v) is 4.75. The van der Waals surface area contributed by atoms with Gasteiger partial charge in [0.25, 0.3) is 0 Å². The Hall–Kier alpha value is -0.860. The van der Waals surface area contributed by atoms with Crippen LogP contribution in [0.15, 0.2) is 0 Å². The molecule has 2 atom stereocenters. The molecule has 72 valence electrons. The van der Waals surface area contributed by atoms with Crippen molar-refractivity contribution in [2.75, 3.05) is 0 Å². The Labute approximate surface area is 77.9 Å². The summed E-state index contributed by atoms with van der Waals surface area (Å²) in [4.78, 5) is 23.2. The lowest BCUT2D eigenvalue weighted by molar-refractivity contribution is -0.150. The summed E-state index contributed by atoms with van der Waals surface area (Å²) in [5, 5.41) is 2.46. The molecule has 0 unspecified atom stereocenters. The number of piperidine rings is 1. The van der Waals surface area contributed by atoms with Crippen molar-refractivity contribution in [1.29, 1.82) is 0 Å². The van der Waals surface area contributed by atoms with Crippen molar-refractivity contribution >= 4 is 11.8 Å². The van der Waals surface area contributed by atoms with E-state index in [0.717, 1.165) is 12.8 Å². The van der Waals surface area contributed by atoms with E-state index in [9.17, 15) is 9.59 Å². The van der Waals surface area contributed by atoms with E-state index in [1.807, 2.05) is 20.8 Å². The summed E-state index contributed by atoms with van der Waals surface area (Å²) in [7, 11) is 0. The lowest BCUT2D eigenvalue weighted by Crippen LogP contribution is -2.57. The minimum absolute atomic E-state index is 0.0233. The Morgan fingerprint density at radius 2 is 1.92 bits per heavy atom. The Kier molecular flexibility index (Phi) is 1.44. The summed E-state index contributed by atoms with van der Waals surface area (Å²) in [6.07, 6.45) is 1.68. The minimum atomic E-state index is -0.342. The predicted molar refractivity (Wildman–Crippen MR) is 47.8 cm³/mol. The van der Waals surface area contributed by atoms with E-state index in [1.165, 1.54) is 0 Å². The van der Waals surface area contributed by atoms with E-state index >= 15 is 0 Å². The van der Waals surface area contributed by atoms with Gasteiger partial charge in [0, 0.05) is 5.92 Å². The maximum Gasteiger partial charge on any atom is 0.233 e. The van der Waals surface area contributed by atoms with Gasteiger partial charge in [-0.05, 0) is 18.3 Å². The topological polar surface area (TPSA) is 46.2 Å². The number of carbonyl (C=O) groups excluding carboxylic acids is 2. The van der Waals surface area contributed by atoms with Gasteiger partial charge in [-0.25, -0.2) is 0 Å². The van der Waals surface area contributed by atoms with Crippen LogP contribution in [0.4, 0.5) is 0 Å². The molecule has 2 bridgehead atoms. The van der Waals surface area contributed by atoms with E-state index in [0.29, 0.717) is 0 Å². The van der Waals surface area contributed by atoms with Crippen LogP contribution in [0.5, 0.6) is 0 Å². The molecular weight excluding hydrogens is 166 g/mol. The van der Waals surface area contributed by atoms with Gasteiger partial charge in [0.15, 0.2) is 0 Å². The van der Waals surface area contributed by atoms with Crippen LogP contribution in [-0.2, 0) is 9.59 Å². The number of fused-ring (bicyclic) bond motifs is 2. The van der Waals surface area contributed by atoms with E-state index in [-0.39, 0.29) is 28.6 Å². The molecule has 1 saturated heterocycles. The van der Waals surface area contributed by atoms with Gasteiger partial charge >= 0.3 is 0 Å². The van der Waals surface area contributed by atoms with Crippen LogP contribution < -0.4 is 5.32 Å². The van der Waals surface area contributed by atoms with Gasteiger partial charge in [-0.15, -0.1) is 0 Å². The molecule has 2 rings (SSSR count). The molecule has 0 radical (unpaired) electrons. The van der Waals surface area contributed by atoms with Gasteiger partial charge < -0.3 is 0 Å². The zero-order chi connectivity index (χ0) is 9.85. The molecule has 3 heteroatoms. The molecule has 1 heterocycles. The van der Waals surface area contributed by atoms with Gasteiger partial charge in [-0.1, -0.05) is 20.8 Å². The van der Waals surface area contributed by atoms with Gasteiger partial charge in [-0.2, -0.15) is 0 Å². The molecule has 13 heavy (non-hydrogen) atoms. The van der Waals surface area contributed by atoms with Crippen molar-refractivity contribution in [3.05, 3.63) is 0 Å². The molecule has 3 nitrogen and oxygen atoms in total. The highest BCUT2D eigenvalue weighted by atomic mass is 16.2. The minimum Gasteiger partial charge on any atom is -0.296 e. The van der Waals surface area contributed by atoms with Crippen LogP contribution in [0.3, 0.4) is 0 Å². The number of nitrogens with one attached hydrogen (secondary N) is 1. The predicted octanol–water partition coefficient (Wildman–Crippen LogP) is 1.09. The second-order valence-electron chi connectivity index (χ2n) is 4.96. The zero-order valence-electron chi connectivity index (χ0n) is 8.31.